The summed E-state index contributed by atoms with van der Waals surface area (Å²) in [5.41, 5.74) is 2.36. The molecule has 1 nitrogen and oxygen atoms in total. The topological polar surface area (TPSA) is 20.2 Å². The molecular formula is C13H17ClO. The van der Waals surface area contributed by atoms with Crippen LogP contribution in [0.4, 0.5) is 0 Å². The molecular weight excluding hydrogens is 208 g/mol. The molecule has 1 saturated carbocycles. The number of benzene rings is 1. The third-order valence-corrected chi connectivity index (χ3v) is 3.85. The lowest BCUT2D eigenvalue weighted by Gasteiger charge is -2.29. The van der Waals surface area contributed by atoms with Crippen LogP contribution in [-0.4, -0.2) is 11.2 Å². The highest BCUT2D eigenvalue weighted by atomic mass is 35.5. The first-order chi connectivity index (χ1) is 7.20. The van der Waals surface area contributed by atoms with Crippen LogP contribution in [0.5, 0.6) is 0 Å². The van der Waals surface area contributed by atoms with Crippen LogP contribution >= 0.6 is 11.6 Å². The standard InChI is InChI=1S/C13H17ClO/c1-9-10(6-4-7-12(9)14)11-5-2-3-8-13(11)15/h4,6-7,11,13,15H,2-3,5,8H2,1H3/t11-,13+/m1/s1. The Bertz CT molecular complexity index is 348. The van der Waals surface area contributed by atoms with E-state index in [0.717, 1.165) is 29.8 Å². The average molecular weight is 225 g/mol. The zero-order valence-electron chi connectivity index (χ0n) is 9.04. The number of hydrogen-bond donors (Lipinski definition) is 1. The number of aliphatic hydroxyl groups is 1. The van der Waals surface area contributed by atoms with Crippen LogP contribution in [0.1, 0.15) is 42.7 Å². The van der Waals surface area contributed by atoms with E-state index < -0.39 is 0 Å². The molecule has 0 unspecified atom stereocenters. The second-order valence-electron chi connectivity index (χ2n) is 4.41. The van der Waals surface area contributed by atoms with Crippen LogP contribution in [-0.2, 0) is 0 Å². The van der Waals surface area contributed by atoms with E-state index in [-0.39, 0.29) is 12.0 Å². The molecule has 0 saturated heterocycles. The largest absolute Gasteiger partial charge is 0.392 e. The van der Waals surface area contributed by atoms with Gasteiger partial charge in [-0.2, -0.15) is 0 Å². The quantitative estimate of drug-likeness (QED) is 0.772. The van der Waals surface area contributed by atoms with Crippen molar-refractivity contribution in [2.45, 2.75) is 44.6 Å². The number of rotatable bonds is 1. The van der Waals surface area contributed by atoms with Gasteiger partial charge in [0.15, 0.2) is 0 Å². The fourth-order valence-electron chi connectivity index (χ4n) is 2.50. The number of aliphatic hydroxyl groups excluding tert-OH is 1. The normalized spacial score (nSPS) is 26.6. The van der Waals surface area contributed by atoms with Gasteiger partial charge in [-0.15, -0.1) is 0 Å². The van der Waals surface area contributed by atoms with Gasteiger partial charge in [0.2, 0.25) is 0 Å². The van der Waals surface area contributed by atoms with Crippen LogP contribution in [0.2, 0.25) is 5.02 Å². The molecule has 1 N–H and O–H groups in total. The predicted molar refractivity (Wildman–Crippen MR) is 63.4 cm³/mol. The zero-order valence-corrected chi connectivity index (χ0v) is 9.80. The Morgan fingerprint density at radius 3 is 2.73 bits per heavy atom. The Morgan fingerprint density at radius 1 is 1.27 bits per heavy atom. The molecule has 1 aromatic rings. The lowest BCUT2D eigenvalue weighted by atomic mass is 9.80. The van der Waals surface area contributed by atoms with E-state index in [9.17, 15) is 5.11 Å². The molecule has 2 heteroatoms. The van der Waals surface area contributed by atoms with Crippen LogP contribution in [0.15, 0.2) is 18.2 Å². The maximum atomic E-state index is 9.99. The highest BCUT2D eigenvalue weighted by Crippen LogP contribution is 2.36. The molecule has 0 aromatic heterocycles. The molecule has 15 heavy (non-hydrogen) atoms. The summed E-state index contributed by atoms with van der Waals surface area (Å²) in [6, 6.07) is 5.99. The third-order valence-electron chi connectivity index (χ3n) is 3.44. The van der Waals surface area contributed by atoms with Crippen molar-refractivity contribution >= 4 is 11.6 Å². The van der Waals surface area contributed by atoms with Gasteiger partial charge >= 0.3 is 0 Å². The summed E-state index contributed by atoms with van der Waals surface area (Å²) in [5, 5.41) is 10.8. The van der Waals surface area contributed by atoms with Gasteiger partial charge in [0.25, 0.3) is 0 Å². The van der Waals surface area contributed by atoms with E-state index in [1.807, 2.05) is 19.1 Å². The number of halogens is 1. The summed E-state index contributed by atoms with van der Waals surface area (Å²) in [6.45, 7) is 2.04. The van der Waals surface area contributed by atoms with Crippen molar-refractivity contribution in [3.63, 3.8) is 0 Å². The summed E-state index contributed by atoms with van der Waals surface area (Å²) >= 11 is 6.10. The molecule has 0 spiro atoms. The smallest absolute Gasteiger partial charge is 0.0608 e. The fourth-order valence-corrected chi connectivity index (χ4v) is 2.68. The summed E-state index contributed by atoms with van der Waals surface area (Å²) in [4.78, 5) is 0. The first-order valence-electron chi connectivity index (χ1n) is 5.63. The van der Waals surface area contributed by atoms with E-state index >= 15 is 0 Å². The Balaban J connectivity index is 2.31. The van der Waals surface area contributed by atoms with Crippen LogP contribution < -0.4 is 0 Å². The van der Waals surface area contributed by atoms with Crippen molar-refractivity contribution in [1.29, 1.82) is 0 Å². The SMILES string of the molecule is Cc1c(Cl)cccc1[C@H]1CCCC[C@@H]1O. The van der Waals surface area contributed by atoms with E-state index in [0.29, 0.717) is 0 Å². The Labute approximate surface area is 96.1 Å². The van der Waals surface area contributed by atoms with Crippen molar-refractivity contribution < 1.29 is 5.11 Å². The van der Waals surface area contributed by atoms with Crippen molar-refractivity contribution in [2.24, 2.45) is 0 Å². The highest BCUT2D eigenvalue weighted by molar-refractivity contribution is 6.31. The van der Waals surface area contributed by atoms with Crippen molar-refractivity contribution in [3.05, 3.63) is 34.3 Å². The summed E-state index contributed by atoms with van der Waals surface area (Å²) in [7, 11) is 0. The van der Waals surface area contributed by atoms with Gasteiger partial charge in [0.1, 0.15) is 0 Å². The van der Waals surface area contributed by atoms with E-state index in [1.165, 1.54) is 12.0 Å². The van der Waals surface area contributed by atoms with E-state index in [4.69, 9.17) is 11.6 Å². The maximum Gasteiger partial charge on any atom is 0.0608 e. The minimum absolute atomic E-state index is 0.184. The summed E-state index contributed by atoms with van der Waals surface area (Å²) < 4.78 is 0. The van der Waals surface area contributed by atoms with Gasteiger partial charge in [-0.25, -0.2) is 0 Å². The van der Waals surface area contributed by atoms with Gasteiger partial charge in [-0.3, -0.25) is 0 Å². The Morgan fingerprint density at radius 2 is 2.00 bits per heavy atom. The summed E-state index contributed by atoms with van der Waals surface area (Å²) in [5.74, 6) is 0.289. The Kier molecular flexibility index (Phi) is 3.32. The van der Waals surface area contributed by atoms with Crippen LogP contribution in [0.3, 0.4) is 0 Å². The number of hydrogen-bond acceptors (Lipinski definition) is 1. The van der Waals surface area contributed by atoms with Gasteiger partial charge in [0.05, 0.1) is 6.10 Å². The molecule has 1 aliphatic carbocycles. The molecule has 0 heterocycles. The summed E-state index contributed by atoms with van der Waals surface area (Å²) in [6.07, 6.45) is 4.19. The molecule has 1 aromatic carbocycles. The average Bonchev–Trinajstić information content (AvgIpc) is 2.23. The first-order valence-corrected chi connectivity index (χ1v) is 6.01. The molecule has 1 aliphatic rings. The van der Waals surface area contributed by atoms with E-state index in [2.05, 4.69) is 6.07 Å². The minimum atomic E-state index is -0.184. The van der Waals surface area contributed by atoms with Crippen LogP contribution in [0.25, 0.3) is 0 Å². The first kappa shape index (κ1) is 11.0. The predicted octanol–water partition coefficient (Wildman–Crippen LogP) is 3.67. The van der Waals surface area contributed by atoms with Gasteiger partial charge in [0, 0.05) is 10.9 Å². The lowest BCUT2D eigenvalue weighted by molar-refractivity contribution is 0.106. The highest BCUT2D eigenvalue weighted by Gasteiger charge is 2.25. The third kappa shape index (κ3) is 2.19. The molecule has 2 rings (SSSR count). The van der Waals surface area contributed by atoms with Gasteiger partial charge in [-0.05, 0) is 37.0 Å². The van der Waals surface area contributed by atoms with E-state index in [1.54, 1.807) is 0 Å². The molecule has 2 atom stereocenters. The molecule has 0 bridgehead atoms. The molecule has 0 radical (unpaired) electrons. The maximum absolute atomic E-state index is 9.99. The van der Waals surface area contributed by atoms with Gasteiger partial charge in [-0.1, -0.05) is 36.6 Å². The minimum Gasteiger partial charge on any atom is -0.392 e. The second kappa shape index (κ2) is 4.54. The van der Waals surface area contributed by atoms with Crippen LogP contribution in [0, 0.1) is 6.92 Å². The van der Waals surface area contributed by atoms with Gasteiger partial charge < -0.3 is 5.11 Å². The molecule has 0 amide bonds. The molecule has 82 valence electrons. The monoisotopic (exact) mass is 224 g/mol. The van der Waals surface area contributed by atoms with Crippen molar-refractivity contribution in [3.8, 4) is 0 Å². The fraction of sp³-hybridized carbons (Fsp3) is 0.538. The second-order valence-corrected chi connectivity index (χ2v) is 4.82. The zero-order chi connectivity index (χ0) is 10.8. The van der Waals surface area contributed by atoms with Crippen molar-refractivity contribution in [1.82, 2.24) is 0 Å². The van der Waals surface area contributed by atoms with Crippen molar-refractivity contribution in [2.75, 3.05) is 0 Å². The molecule has 1 fully saturated rings. The molecule has 0 aliphatic heterocycles. The Hall–Kier alpha value is -0.530. The lowest BCUT2D eigenvalue weighted by Crippen LogP contribution is -2.23.